The Hall–Kier alpha value is -0.960. The highest BCUT2D eigenvalue weighted by atomic mass is 15.2. The maximum atomic E-state index is 4.31. The SMILES string of the molecule is CN1CCCC1c1cnccn1. The molecule has 1 aromatic rings. The summed E-state index contributed by atoms with van der Waals surface area (Å²) in [5, 5.41) is 0. The van der Waals surface area contributed by atoms with Gasteiger partial charge in [0.05, 0.1) is 11.7 Å². The summed E-state index contributed by atoms with van der Waals surface area (Å²) in [6.07, 6.45) is 7.85. The Bertz CT molecular complexity index is 247. The van der Waals surface area contributed by atoms with Gasteiger partial charge in [-0.1, -0.05) is 0 Å². The van der Waals surface area contributed by atoms with E-state index >= 15 is 0 Å². The molecule has 12 heavy (non-hydrogen) atoms. The Morgan fingerprint density at radius 2 is 2.42 bits per heavy atom. The van der Waals surface area contributed by atoms with Crippen molar-refractivity contribution in [1.82, 2.24) is 14.9 Å². The van der Waals surface area contributed by atoms with Crippen LogP contribution in [0, 0.1) is 0 Å². The van der Waals surface area contributed by atoms with Gasteiger partial charge in [-0.05, 0) is 26.4 Å². The Morgan fingerprint density at radius 3 is 3.00 bits per heavy atom. The zero-order valence-electron chi connectivity index (χ0n) is 7.27. The Morgan fingerprint density at radius 1 is 1.50 bits per heavy atom. The summed E-state index contributed by atoms with van der Waals surface area (Å²) >= 11 is 0. The third-order valence-electron chi connectivity index (χ3n) is 2.44. The monoisotopic (exact) mass is 163 g/mol. The van der Waals surface area contributed by atoms with Crippen LogP contribution in [0.3, 0.4) is 0 Å². The van der Waals surface area contributed by atoms with E-state index in [2.05, 4.69) is 21.9 Å². The minimum Gasteiger partial charge on any atom is -0.298 e. The van der Waals surface area contributed by atoms with E-state index in [0.29, 0.717) is 6.04 Å². The predicted octanol–water partition coefficient (Wildman–Crippen LogP) is 1.24. The summed E-state index contributed by atoms with van der Waals surface area (Å²) in [4.78, 5) is 10.7. The van der Waals surface area contributed by atoms with Crippen LogP contribution in [-0.2, 0) is 0 Å². The summed E-state index contributed by atoms with van der Waals surface area (Å²) in [5.74, 6) is 0. The minimum atomic E-state index is 0.499. The summed E-state index contributed by atoms with van der Waals surface area (Å²) < 4.78 is 0. The average molecular weight is 163 g/mol. The molecule has 1 fully saturated rings. The van der Waals surface area contributed by atoms with Crippen LogP contribution in [0.5, 0.6) is 0 Å². The summed E-state index contributed by atoms with van der Waals surface area (Å²) in [5.41, 5.74) is 1.11. The second-order valence-electron chi connectivity index (χ2n) is 3.27. The van der Waals surface area contributed by atoms with Crippen LogP contribution < -0.4 is 0 Å². The van der Waals surface area contributed by atoms with Gasteiger partial charge in [-0.25, -0.2) is 0 Å². The molecule has 3 heteroatoms. The van der Waals surface area contributed by atoms with Crippen molar-refractivity contribution in [2.45, 2.75) is 18.9 Å². The lowest BCUT2D eigenvalue weighted by Crippen LogP contribution is -2.18. The molecule has 1 aromatic heterocycles. The van der Waals surface area contributed by atoms with Crippen molar-refractivity contribution in [1.29, 1.82) is 0 Å². The number of hydrogen-bond acceptors (Lipinski definition) is 3. The molecule has 0 saturated carbocycles. The molecule has 0 spiro atoms. The van der Waals surface area contributed by atoms with Crippen molar-refractivity contribution in [3.05, 3.63) is 24.3 Å². The predicted molar refractivity (Wildman–Crippen MR) is 46.6 cm³/mol. The molecule has 0 aliphatic carbocycles. The number of likely N-dealkylation sites (tertiary alicyclic amines) is 1. The van der Waals surface area contributed by atoms with Gasteiger partial charge in [0, 0.05) is 18.6 Å². The molecule has 1 aliphatic rings. The topological polar surface area (TPSA) is 29.0 Å². The number of aromatic nitrogens is 2. The lowest BCUT2D eigenvalue weighted by molar-refractivity contribution is 0.311. The summed E-state index contributed by atoms with van der Waals surface area (Å²) in [6, 6.07) is 0.499. The molecule has 2 rings (SSSR count). The van der Waals surface area contributed by atoms with E-state index in [4.69, 9.17) is 0 Å². The second-order valence-corrected chi connectivity index (χ2v) is 3.27. The van der Waals surface area contributed by atoms with E-state index in [1.54, 1.807) is 12.4 Å². The number of rotatable bonds is 1. The van der Waals surface area contributed by atoms with Gasteiger partial charge in [-0.2, -0.15) is 0 Å². The lowest BCUT2D eigenvalue weighted by atomic mass is 10.1. The molecule has 0 amide bonds. The zero-order valence-corrected chi connectivity index (χ0v) is 7.27. The molecule has 0 bridgehead atoms. The van der Waals surface area contributed by atoms with Gasteiger partial charge < -0.3 is 0 Å². The molecule has 3 nitrogen and oxygen atoms in total. The van der Waals surface area contributed by atoms with Gasteiger partial charge in [0.15, 0.2) is 0 Å². The van der Waals surface area contributed by atoms with Crippen molar-refractivity contribution in [3.8, 4) is 0 Å². The van der Waals surface area contributed by atoms with Gasteiger partial charge in [-0.3, -0.25) is 14.9 Å². The normalized spacial score (nSPS) is 24.6. The molecular formula is C9H13N3. The Kier molecular flexibility index (Phi) is 2.04. The van der Waals surface area contributed by atoms with E-state index in [1.807, 2.05) is 6.20 Å². The maximum absolute atomic E-state index is 4.31. The second kappa shape index (κ2) is 3.19. The lowest BCUT2D eigenvalue weighted by Gasteiger charge is -2.17. The summed E-state index contributed by atoms with van der Waals surface area (Å²) in [7, 11) is 2.15. The molecule has 0 N–H and O–H groups in total. The molecule has 1 unspecified atom stereocenters. The van der Waals surface area contributed by atoms with Crippen LogP contribution in [-0.4, -0.2) is 28.5 Å². The maximum Gasteiger partial charge on any atom is 0.0758 e. The Labute approximate surface area is 72.4 Å². The molecule has 1 aliphatic heterocycles. The van der Waals surface area contributed by atoms with Crippen LogP contribution >= 0.6 is 0 Å². The summed E-state index contributed by atoms with van der Waals surface area (Å²) in [6.45, 7) is 1.18. The van der Waals surface area contributed by atoms with E-state index in [9.17, 15) is 0 Å². The molecule has 0 radical (unpaired) electrons. The highest BCUT2D eigenvalue weighted by molar-refractivity contribution is 5.04. The first-order chi connectivity index (χ1) is 5.88. The highest BCUT2D eigenvalue weighted by Gasteiger charge is 2.23. The van der Waals surface area contributed by atoms with Gasteiger partial charge in [0.25, 0.3) is 0 Å². The number of hydrogen-bond donors (Lipinski definition) is 0. The highest BCUT2D eigenvalue weighted by Crippen LogP contribution is 2.27. The first-order valence-electron chi connectivity index (χ1n) is 4.34. The fourth-order valence-corrected chi connectivity index (χ4v) is 1.77. The standard InChI is InChI=1S/C9H13N3/c1-12-6-2-3-9(12)8-7-10-4-5-11-8/h4-5,7,9H,2-3,6H2,1H3. The van der Waals surface area contributed by atoms with Crippen LogP contribution in [0.25, 0.3) is 0 Å². The third-order valence-corrected chi connectivity index (χ3v) is 2.44. The van der Waals surface area contributed by atoms with Crippen molar-refractivity contribution >= 4 is 0 Å². The molecule has 1 saturated heterocycles. The third kappa shape index (κ3) is 1.32. The van der Waals surface area contributed by atoms with Gasteiger partial charge in [0.1, 0.15) is 0 Å². The quantitative estimate of drug-likeness (QED) is 0.623. The van der Waals surface area contributed by atoms with Crippen molar-refractivity contribution < 1.29 is 0 Å². The minimum absolute atomic E-state index is 0.499. The molecule has 0 aromatic carbocycles. The molecular weight excluding hydrogens is 150 g/mol. The fourth-order valence-electron chi connectivity index (χ4n) is 1.77. The molecule has 1 atom stereocenters. The van der Waals surface area contributed by atoms with E-state index in [-0.39, 0.29) is 0 Å². The average Bonchev–Trinajstić information content (AvgIpc) is 2.53. The smallest absolute Gasteiger partial charge is 0.0758 e. The Balaban J connectivity index is 2.19. The van der Waals surface area contributed by atoms with Crippen LogP contribution in [0.1, 0.15) is 24.6 Å². The van der Waals surface area contributed by atoms with Crippen LogP contribution in [0.15, 0.2) is 18.6 Å². The zero-order chi connectivity index (χ0) is 8.39. The van der Waals surface area contributed by atoms with Gasteiger partial charge in [-0.15, -0.1) is 0 Å². The van der Waals surface area contributed by atoms with Gasteiger partial charge >= 0.3 is 0 Å². The molecule has 64 valence electrons. The first kappa shape index (κ1) is 7.68. The van der Waals surface area contributed by atoms with E-state index < -0.39 is 0 Å². The van der Waals surface area contributed by atoms with Crippen LogP contribution in [0.2, 0.25) is 0 Å². The first-order valence-corrected chi connectivity index (χ1v) is 4.34. The molecule has 2 heterocycles. The number of nitrogens with zero attached hydrogens (tertiary/aromatic N) is 3. The van der Waals surface area contributed by atoms with E-state index in [0.717, 1.165) is 5.69 Å². The van der Waals surface area contributed by atoms with E-state index in [1.165, 1.54) is 19.4 Å². The van der Waals surface area contributed by atoms with Crippen molar-refractivity contribution in [2.24, 2.45) is 0 Å². The largest absolute Gasteiger partial charge is 0.298 e. The van der Waals surface area contributed by atoms with Crippen LogP contribution in [0.4, 0.5) is 0 Å². The van der Waals surface area contributed by atoms with Crippen molar-refractivity contribution in [2.75, 3.05) is 13.6 Å². The van der Waals surface area contributed by atoms with Crippen molar-refractivity contribution in [3.63, 3.8) is 0 Å². The fraction of sp³-hybridized carbons (Fsp3) is 0.556. The van der Waals surface area contributed by atoms with Gasteiger partial charge in [0.2, 0.25) is 0 Å².